The average molecular weight is 405 g/mol. The number of pyridine rings is 1. The first-order chi connectivity index (χ1) is 13.3. The predicted molar refractivity (Wildman–Crippen MR) is 110 cm³/mol. The van der Waals surface area contributed by atoms with Crippen LogP contribution in [0.2, 0.25) is 0 Å². The number of hydrogen-bond donors (Lipinski definition) is 1. The molecule has 3 heterocycles. The number of piperazine rings is 1. The van der Waals surface area contributed by atoms with Crippen LogP contribution >= 0.6 is 0 Å². The van der Waals surface area contributed by atoms with Gasteiger partial charge in [0.2, 0.25) is 10.0 Å². The number of carbonyl (C=O) groups is 1. The van der Waals surface area contributed by atoms with E-state index in [1.54, 1.807) is 0 Å². The summed E-state index contributed by atoms with van der Waals surface area (Å²) in [6.45, 7) is 4.21. The van der Waals surface area contributed by atoms with Gasteiger partial charge < -0.3 is 10.2 Å². The highest BCUT2D eigenvalue weighted by atomic mass is 32.2. The molecule has 1 amide bonds. The molecule has 0 aromatic carbocycles. The Hall–Kier alpha value is -2.06. The van der Waals surface area contributed by atoms with Crippen molar-refractivity contribution in [2.24, 2.45) is 0 Å². The zero-order chi connectivity index (χ0) is 19.9. The molecule has 8 heteroatoms. The van der Waals surface area contributed by atoms with Gasteiger partial charge in [-0.1, -0.05) is 12.8 Å². The molecular formula is C20H28N4O3S. The van der Waals surface area contributed by atoms with Gasteiger partial charge in [-0.3, -0.25) is 9.20 Å². The van der Waals surface area contributed by atoms with Crippen molar-refractivity contribution >= 4 is 27.3 Å². The summed E-state index contributed by atoms with van der Waals surface area (Å²) in [5.74, 6) is 1.00. The van der Waals surface area contributed by atoms with Crippen molar-refractivity contribution in [2.45, 2.75) is 38.6 Å². The van der Waals surface area contributed by atoms with E-state index >= 15 is 0 Å². The lowest BCUT2D eigenvalue weighted by atomic mass is 10.1. The minimum absolute atomic E-state index is 0.00662. The van der Waals surface area contributed by atoms with E-state index in [2.05, 4.69) is 20.7 Å². The summed E-state index contributed by atoms with van der Waals surface area (Å²) >= 11 is 0. The number of rotatable bonds is 4. The normalized spacial score (nSPS) is 19.4. The van der Waals surface area contributed by atoms with Crippen molar-refractivity contribution in [3.8, 4) is 0 Å². The van der Waals surface area contributed by atoms with Crippen LogP contribution in [-0.2, 0) is 10.0 Å². The van der Waals surface area contributed by atoms with E-state index < -0.39 is 10.0 Å². The Morgan fingerprint density at radius 2 is 1.68 bits per heavy atom. The molecule has 0 radical (unpaired) electrons. The molecule has 1 saturated carbocycles. The number of fused-ring (bicyclic) bond motifs is 1. The molecule has 4 rings (SSSR count). The molecule has 2 fully saturated rings. The zero-order valence-corrected chi connectivity index (χ0v) is 17.3. The minimum atomic E-state index is -3.15. The lowest BCUT2D eigenvalue weighted by molar-refractivity contribution is 0.0936. The van der Waals surface area contributed by atoms with E-state index in [1.807, 2.05) is 25.1 Å². The van der Waals surface area contributed by atoms with Crippen molar-refractivity contribution in [3.63, 3.8) is 0 Å². The Morgan fingerprint density at radius 1 is 1.04 bits per heavy atom. The van der Waals surface area contributed by atoms with Gasteiger partial charge in [-0.05, 0) is 44.0 Å². The monoisotopic (exact) mass is 404 g/mol. The maximum Gasteiger partial charge on any atom is 0.253 e. The summed E-state index contributed by atoms with van der Waals surface area (Å²) in [6.07, 6.45) is 5.75. The van der Waals surface area contributed by atoms with Crippen LogP contribution in [0.1, 0.15) is 41.7 Å². The molecule has 2 aromatic rings. The van der Waals surface area contributed by atoms with Gasteiger partial charge in [0.15, 0.2) is 0 Å². The Kier molecular flexibility index (Phi) is 5.09. The first-order valence-electron chi connectivity index (χ1n) is 9.96. The molecule has 0 atom stereocenters. The SMILES string of the molecule is Cc1c(C(=O)NC2CCCC2)ccc2ccc(N3CCN(S(C)(=O)=O)CC3)n12. The van der Waals surface area contributed by atoms with E-state index in [0.717, 1.165) is 29.9 Å². The number of nitrogens with one attached hydrogen (secondary N) is 1. The molecule has 0 spiro atoms. The van der Waals surface area contributed by atoms with E-state index in [9.17, 15) is 13.2 Å². The Labute approximate surface area is 166 Å². The van der Waals surface area contributed by atoms with Crippen molar-refractivity contribution < 1.29 is 13.2 Å². The Bertz CT molecular complexity index is 984. The van der Waals surface area contributed by atoms with Crippen LogP contribution in [0.15, 0.2) is 24.3 Å². The fraction of sp³-hybridized carbons (Fsp3) is 0.550. The third-order valence-electron chi connectivity index (χ3n) is 6.00. The second-order valence-electron chi connectivity index (χ2n) is 7.89. The molecule has 0 bridgehead atoms. The summed E-state index contributed by atoms with van der Waals surface area (Å²) in [5, 5.41) is 3.18. The molecule has 0 unspecified atom stereocenters. The first-order valence-corrected chi connectivity index (χ1v) is 11.8. The van der Waals surface area contributed by atoms with Gasteiger partial charge in [-0.2, -0.15) is 4.31 Å². The Balaban J connectivity index is 1.59. The smallest absolute Gasteiger partial charge is 0.253 e. The molecule has 7 nitrogen and oxygen atoms in total. The van der Waals surface area contributed by atoms with Crippen molar-refractivity contribution in [1.29, 1.82) is 0 Å². The van der Waals surface area contributed by atoms with E-state index in [4.69, 9.17) is 0 Å². The van der Waals surface area contributed by atoms with Crippen LogP contribution < -0.4 is 10.2 Å². The fourth-order valence-electron chi connectivity index (χ4n) is 4.42. The van der Waals surface area contributed by atoms with Gasteiger partial charge in [0.05, 0.1) is 11.8 Å². The molecule has 1 aliphatic carbocycles. The maximum absolute atomic E-state index is 12.8. The van der Waals surface area contributed by atoms with Crippen LogP contribution in [0.3, 0.4) is 0 Å². The summed E-state index contributed by atoms with van der Waals surface area (Å²) in [6, 6.07) is 8.27. The molecule has 152 valence electrons. The molecule has 1 aliphatic heterocycles. The summed E-state index contributed by atoms with van der Waals surface area (Å²) in [7, 11) is -3.15. The number of sulfonamides is 1. The van der Waals surface area contributed by atoms with E-state index in [1.165, 1.54) is 23.4 Å². The number of amides is 1. The van der Waals surface area contributed by atoms with Gasteiger partial charge in [-0.25, -0.2) is 8.42 Å². The second kappa shape index (κ2) is 7.40. The molecule has 1 N–H and O–H groups in total. The summed E-state index contributed by atoms with van der Waals surface area (Å²) in [4.78, 5) is 15.0. The van der Waals surface area contributed by atoms with Gasteiger partial charge in [0, 0.05) is 43.4 Å². The van der Waals surface area contributed by atoms with Crippen LogP contribution in [0.5, 0.6) is 0 Å². The van der Waals surface area contributed by atoms with Crippen molar-refractivity contribution in [2.75, 3.05) is 37.3 Å². The maximum atomic E-state index is 12.8. The number of carbonyl (C=O) groups excluding carboxylic acids is 1. The van der Waals surface area contributed by atoms with Gasteiger partial charge in [-0.15, -0.1) is 0 Å². The highest BCUT2D eigenvalue weighted by molar-refractivity contribution is 7.88. The first kappa shape index (κ1) is 19.3. The number of aryl methyl sites for hydroxylation is 1. The minimum Gasteiger partial charge on any atom is -0.355 e. The largest absolute Gasteiger partial charge is 0.355 e. The van der Waals surface area contributed by atoms with Gasteiger partial charge in [0.25, 0.3) is 5.91 Å². The number of nitrogens with zero attached hydrogens (tertiary/aromatic N) is 3. The zero-order valence-electron chi connectivity index (χ0n) is 16.5. The average Bonchev–Trinajstić information content (AvgIpc) is 3.31. The third kappa shape index (κ3) is 3.63. The number of anilines is 1. The van der Waals surface area contributed by atoms with Crippen molar-refractivity contribution in [1.82, 2.24) is 14.0 Å². The van der Waals surface area contributed by atoms with Crippen LogP contribution in [0, 0.1) is 6.92 Å². The highest BCUT2D eigenvalue weighted by Gasteiger charge is 2.26. The standard InChI is InChI=1S/C20H28N4O3S/c1-15-18(20(25)21-16-5-3-4-6-16)9-7-17-8-10-19(24(15)17)22-11-13-23(14-12-22)28(2,26)27/h7-10,16H,3-6,11-14H2,1-2H3,(H,21,25). The topological polar surface area (TPSA) is 74.1 Å². The third-order valence-corrected chi connectivity index (χ3v) is 7.31. The fourth-order valence-corrected chi connectivity index (χ4v) is 5.24. The van der Waals surface area contributed by atoms with E-state index in [-0.39, 0.29) is 11.9 Å². The summed E-state index contributed by atoms with van der Waals surface area (Å²) in [5.41, 5.74) is 2.65. The summed E-state index contributed by atoms with van der Waals surface area (Å²) < 4.78 is 27.2. The van der Waals surface area contributed by atoms with Crippen LogP contribution in [0.4, 0.5) is 5.82 Å². The van der Waals surface area contributed by atoms with Crippen molar-refractivity contribution in [3.05, 3.63) is 35.5 Å². The van der Waals surface area contributed by atoms with Crippen LogP contribution in [0.25, 0.3) is 5.52 Å². The predicted octanol–water partition coefficient (Wildman–Crippen LogP) is 2.00. The Morgan fingerprint density at radius 3 is 2.32 bits per heavy atom. The number of aromatic nitrogens is 1. The molecule has 2 aliphatic rings. The molecular weight excluding hydrogens is 376 g/mol. The second-order valence-corrected chi connectivity index (χ2v) is 9.87. The molecule has 1 saturated heterocycles. The number of hydrogen-bond acceptors (Lipinski definition) is 4. The lowest BCUT2D eigenvalue weighted by Gasteiger charge is -2.34. The lowest BCUT2D eigenvalue weighted by Crippen LogP contribution is -2.48. The quantitative estimate of drug-likeness (QED) is 0.846. The van der Waals surface area contributed by atoms with Gasteiger partial charge >= 0.3 is 0 Å². The highest BCUT2D eigenvalue weighted by Crippen LogP contribution is 2.26. The van der Waals surface area contributed by atoms with Crippen LogP contribution in [-0.4, -0.2) is 61.5 Å². The van der Waals surface area contributed by atoms with E-state index in [0.29, 0.717) is 31.7 Å². The molecule has 28 heavy (non-hydrogen) atoms. The molecule has 2 aromatic heterocycles. The van der Waals surface area contributed by atoms with Gasteiger partial charge in [0.1, 0.15) is 5.82 Å².